The van der Waals surface area contributed by atoms with E-state index in [1.54, 1.807) is 0 Å². The molecule has 2 aromatic heterocycles. The van der Waals surface area contributed by atoms with E-state index >= 15 is 0 Å². The van der Waals surface area contributed by atoms with Crippen LogP contribution in [0.3, 0.4) is 0 Å². The summed E-state index contributed by atoms with van der Waals surface area (Å²) < 4.78 is 0. The number of aromatic nitrogens is 3. The van der Waals surface area contributed by atoms with Crippen LogP contribution in [0.15, 0.2) is 22.4 Å². The molecule has 0 saturated carbocycles. The van der Waals surface area contributed by atoms with Gasteiger partial charge in [0.25, 0.3) is 0 Å². The summed E-state index contributed by atoms with van der Waals surface area (Å²) >= 11 is 1.53. The zero-order chi connectivity index (χ0) is 15.4. The largest absolute Gasteiger partial charge is 0.313 e. The fourth-order valence-electron chi connectivity index (χ4n) is 1.97. The van der Waals surface area contributed by atoms with E-state index in [2.05, 4.69) is 47.1 Å². The lowest BCUT2D eigenvalue weighted by atomic mass is 10.2. The van der Waals surface area contributed by atoms with Crippen molar-refractivity contribution in [2.75, 3.05) is 6.54 Å². The Morgan fingerprint density at radius 1 is 1.10 bits per heavy atom. The molecular weight excluding hydrogens is 280 g/mol. The van der Waals surface area contributed by atoms with Crippen LogP contribution in [0.4, 0.5) is 0 Å². The maximum absolute atomic E-state index is 4.55. The van der Waals surface area contributed by atoms with Gasteiger partial charge >= 0.3 is 0 Å². The molecule has 2 heterocycles. The number of hydrogen-bond donors (Lipinski definition) is 1. The Bertz CT molecular complexity index is 617. The molecule has 0 bridgehead atoms. The van der Waals surface area contributed by atoms with Crippen LogP contribution in [0.25, 0.3) is 0 Å². The summed E-state index contributed by atoms with van der Waals surface area (Å²) in [5.74, 6) is 0. The predicted molar refractivity (Wildman–Crippen MR) is 86.7 cm³/mol. The van der Waals surface area contributed by atoms with E-state index in [0.717, 1.165) is 45.8 Å². The van der Waals surface area contributed by atoms with Crippen molar-refractivity contribution >= 4 is 11.8 Å². The number of nitrogens with zero attached hydrogens (tertiary/aromatic N) is 3. The molecule has 4 nitrogen and oxygen atoms in total. The first-order chi connectivity index (χ1) is 10.0. The van der Waals surface area contributed by atoms with Gasteiger partial charge in [-0.2, -0.15) is 0 Å². The second-order valence-electron chi connectivity index (χ2n) is 5.15. The lowest BCUT2D eigenvalue weighted by molar-refractivity contribution is 0.721. The summed E-state index contributed by atoms with van der Waals surface area (Å²) in [6.07, 6.45) is 1.92. The van der Waals surface area contributed by atoms with Crippen molar-refractivity contribution < 1.29 is 0 Å². The number of hydrogen-bond acceptors (Lipinski definition) is 5. The lowest BCUT2D eigenvalue weighted by Gasteiger charge is -2.09. The van der Waals surface area contributed by atoms with Crippen LogP contribution in [0.5, 0.6) is 0 Å². The van der Waals surface area contributed by atoms with Gasteiger partial charge in [0, 0.05) is 24.1 Å². The first-order valence-corrected chi connectivity index (χ1v) is 7.98. The highest BCUT2D eigenvalue weighted by molar-refractivity contribution is 7.99. The van der Waals surface area contributed by atoms with Gasteiger partial charge in [0.1, 0.15) is 5.03 Å². The molecule has 1 N–H and O–H groups in total. The molecular formula is C16H22N4S. The fourth-order valence-corrected chi connectivity index (χ4v) is 2.83. The Labute approximate surface area is 130 Å². The van der Waals surface area contributed by atoms with Crippen molar-refractivity contribution in [2.24, 2.45) is 0 Å². The minimum absolute atomic E-state index is 0.769. The zero-order valence-corrected chi connectivity index (χ0v) is 14.1. The van der Waals surface area contributed by atoms with Crippen molar-refractivity contribution in [3.05, 3.63) is 40.3 Å². The smallest absolute Gasteiger partial charge is 0.194 e. The van der Waals surface area contributed by atoms with Gasteiger partial charge in [-0.05, 0) is 62.7 Å². The van der Waals surface area contributed by atoms with Crippen molar-refractivity contribution in [3.63, 3.8) is 0 Å². The molecule has 5 heteroatoms. The van der Waals surface area contributed by atoms with Crippen LogP contribution in [0, 0.1) is 27.7 Å². The van der Waals surface area contributed by atoms with Crippen LogP contribution in [-0.4, -0.2) is 21.5 Å². The predicted octanol–water partition coefficient (Wildman–Crippen LogP) is 3.37. The fraction of sp³-hybridized carbons (Fsp3) is 0.438. The third-order valence-corrected chi connectivity index (χ3v) is 4.45. The average molecular weight is 302 g/mol. The number of rotatable bonds is 5. The molecule has 0 aliphatic rings. The van der Waals surface area contributed by atoms with Crippen LogP contribution >= 0.6 is 11.8 Å². The molecule has 0 unspecified atom stereocenters. The maximum Gasteiger partial charge on any atom is 0.194 e. The Morgan fingerprint density at radius 2 is 1.76 bits per heavy atom. The van der Waals surface area contributed by atoms with E-state index in [-0.39, 0.29) is 0 Å². The van der Waals surface area contributed by atoms with Gasteiger partial charge < -0.3 is 5.32 Å². The van der Waals surface area contributed by atoms with Crippen LogP contribution in [0.1, 0.15) is 35.0 Å². The van der Waals surface area contributed by atoms with Gasteiger partial charge in [-0.1, -0.05) is 13.0 Å². The zero-order valence-electron chi connectivity index (χ0n) is 13.3. The molecule has 112 valence electrons. The standard InChI is InChI=1S/C16H22N4S/c1-6-17-8-14-7-10(2)15(18-9-14)21-16-19-12(4)11(3)13(5)20-16/h7,9,17H,6,8H2,1-5H3. The first kappa shape index (κ1) is 15.9. The molecule has 0 aliphatic carbocycles. The quantitative estimate of drug-likeness (QED) is 0.858. The highest BCUT2D eigenvalue weighted by Crippen LogP contribution is 2.27. The van der Waals surface area contributed by atoms with Crippen molar-refractivity contribution in [1.82, 2.24) is 20.3 Å². The maximum atomic E-state index is 4.55. The SMILES string of the molecule is CCNCc1cnc(Sc2nc(C)c(C)c(C)n2)c(C)c1. The molecule has 2 rings (SSSR count). The van der Waals surface area contributed by atoms with Crippen molar-refractivity contribution in [2.45, 2.75) is 51.3 Å². The number of pyridine rings is 1. The Kier molecular flexibility index (Phi) is 5.31. The van der Waals surface area contributed by atoms with E-state index in [0.29, 0.717) is 0 Å². The molecule has 0 fully saturated rings. The number of nitrogens with one attached hydrogen (secondary N) is 1. The molecule has 2 aromatic rings. The van der Waals surface area contributed by atoms with E-state index in [9.17, 15) is 0 Å². The Morgan fingerprint density at radius 3 is 2.33 bits per heavy atom. The van der Waals surface area contributed by atoms with E-state index in [1.807, 2.05) is 20.0 Å². The number of aryl methyl sites for hydroxylation is 3. The highest BCUT2D eigenvalue weighted by atomic mass is 32.2. The Hall–Kier alpha value is -1.46. The summed E-state index contributed by atoms with van der Waals surface area (Å²) in [4.78, 5) is 13.6. The molecule has 21 heavy (non-hydrogen) atoms. The molecule has 0 spiro atoms. The second kappa shape index (κ2) is 7.00. The second-order valence-corrected chi connectivity index (χ2v) is 6.11. The molecule has 0 atom stereocenters. The van der Waals surface area contributed by atoms with E-state index in [1.165, 1.54) is 17.3 Å². The lowest BCUT2D eigenvalue weighted by Crippen LogP contribution is -2.12. The average Bonchev–Trinajstić information content (AvgIpc) is 2.45. The summed E-state index contributed by atoms with van der Waals surface area (Å²) in [6, 6.07) is 2.17. The van der Waals surface area contributed by atoms with Gasteiger partial charge in [0.05, 0.1) is 0 Å². The van der Waals surface area contributed by atoms with Crippen molar-refractivity contribution in [3.8, 4) is 0 Å². The third-order valence-electron chi connectivity index (χ3n) is 3.47. The minimum Gasteiger partial charge on any atom is -0.313 e. The Balaban J connectivity index is 2.20. The topological polar surface area (TPSA) is 50.7 Å². The minimum atomic E-state index is 0.769. The van der Waals surface area contributed by atoms with Crippen molar-refractivity contribution in [1.29, 1.82) is 0 Å². The van der Waals surface area contributed by atoms with Gasteiger partial charge in [0.2, 0.25) is 0 Å². The molecule has 0 aromatic carbocycles. The summed E-state index contributed by atoms with van der Waals surface area (Å²) in [6.45, 7) is 12.1. The van der Waals surface area contributed by atoms with Gasteiger partial charge in [-0.15, -0.1) is 0 Å². The monoisotopic (exact) mass is 302 g/mol. The van der Waals surface area contributed by atoms with E-state index in [4.69, 9.17) is 0 Å². The molecule has 0 amide bonds. The van der Waals surface area contributed by atoms with Crippen LogP contribution in [-0.2, 0) is 6.54 Å². The van der Waals surface area contributed by atoms with Gasteiger partial charge in [0.15, 0.2) is 5.16 Å². The molecule has 0 saturated heterocycles. The third kappa shape index (κ3) is 4.02. The van der Waals surface area contributed by atoms with E-state index < -0.39 is 0 Å². The van der Waals surface area contributed by atoms with Gasteiger partial charge in [-0.3, -0.25) is 0 Å². The van der Waals surface area contributed by atoms with Crippen LogP contribution < -0.4 is 5.32 Å². The highest BCUT2D eigenvalue weighted by Gasteiger charge is 2.09. The first-order valence-electron chi connectivity index (χ1n) is 7.17. The summed E-state index contributed by atoms with van der Waals surface area (Å²) in [5.41, 5.74) is 5.59. The molecule has 0 radical (unpaired) electrons. The normalized spacial score (nSPS) is 10.9. The summed E-state index contributed by atoms with van der Waals surface area (Å²) in [5, 5.41) is 5.05. The molecule has 0 aliphatic heterocycles. The van der Waals surface area contributed by atoms with Gasteiger partial charge in [-0.25, -0.2) is 15.0 Å². The summed E-state index contributed by atoms with van der Waals surface area (Å²) in [7, 11) is 0. The van der Waals surface area contributed by atoms with Crippen LogP contribution in [0.2, 0.25) is 0 Å².